The SMILES string of the molecule is CC(=O)c1c(CC(=O)c2ccccc2)n([O-])c2ccccc2[n+]1=O. The first-order valence-corrected chi connectivity index (χ1v) is 7.36. The molecule has 0 saturated carbocycles. The summed E-state index contributed by atoms with van der Waals surface area (Å²) in [7, 11) is 0. The van der Waals surface area contributed by atoms with E-state index in [-0.39, 0.29) is 34.6 Å². The average Bonchev–Trinajstić information content (AvgIpc) is 2.60. The van der Waals surface area contributed by atoms with E-state index in [2.05, 4.69) is 0 Å². The van der Waals surface area contributed by atoms with E-state index in [0.717, 1.165) is 0 Å². The first kappa shape index (κ1) is 15.6. The normalized spacial score (nSPS) is 10.7. The van der Waals surface area contributed by atoms with Crippen LogP contribution in [0.2, 0.25) is 0 Å². The van der Waals surface area contributed by atoms with Gasteiger partial charge in [-0.25, -0.2) is 0 Å². The zero-order valence-corrected chi connectivity index (χ0v) is 12.9. The van der Waals surface area contributed by atoms with Gasteiger partial charge in [-0.3, -0.25) is 9.59 Å². The van der Waals surface area contributed by atoms with Crippen LogP contribution in [0.3, 0.4) is 0 Å². The molecule has 0 radical (unpaired) electrons. The molecule has 6 nitrogen and oxygen atoms in total. The molecule has 0 aliphatic heterocycles. The third-order valence-electron chi connectivity index (χ3n) is 3.80. The third-order valence-corrected chi connectivity index (χ3v) is 3.80. The number of benzene rings is 2. The lowest BCUT2D eigenvalue weighted by atomic mass is 10.0. The van der Waals surface area contributed by atoms with Crippen molar-refractivity contribution in [3.8, 4) is 0 Å². The monoisotopic (exact) mass is 322 g/mol. The summed E-state index contributed by atoms with van der Waals surface area (Å²) >= 11 is 0. The molecular weight excluding hydrogens is 308 g/mol. The van der Waals surface area contributed by atoms with Crippen LogP contribution in [0.5, 0.6) is 0 Å². The Bertz CT molecular complexity index is 1010. The number of rotatable bonds is 4. The van der Waals surface area contributed by atoms with Crippen molar-refractivity contribution in [2.45, 2.75) is 13.3 Å². The van der Waals surface area contributed by atoms with Gasteiger partial charge in [0.1, 0.15) is 11.2 Å². The van der Waals surface area contributed by atoms with Crippen molar-refractivity contribution in [2.75, 3.05) is 0 Å². The highest BCUT2D eigenvalue weighted by atomic mass is 16.5. The largest absolute Gasteiger partial charge is 0.805 e. The predicted molar refractivity (Wildman–Crippen MR) is 88.6 cm³/mol. The number of ketones is 2. The highest BCUT2D eigenvalue weighted by molar-refractivity contribution is 6.00. The molecular formula is C18H14N2O4. The van der Waals surface area contributed by atoms with Gasteiger partial charge in [0.05, 0.1) is 10.8 Å². The lowest BCUT2D eigenvalue weighted by molar-refractivity contribution is -0.468. The van der Waals surface area contributed by atoms with Crippen LogP contribution in [0.1, 0.15) is 33.5 Å². The number of nitrogens with zero attached hydrogens (tertiary/aromatic N) is 2. The maximum Gasteiger partial charge on any atom is 0.325 e. The molecule has 6 heteroatoms. The van der Waals surface area contributed by atoms with E-state index in [9.17, 15) is 19.7 Å². The minimum atomic E-state index is -0.559. The van der Waals surface area contributed by atoms with Gasteiger partial charge < -0.3 is 9.94 Å². The lowest BCUT2D eigenvalue weighted by Gasteiger charge is -2.18. The Morgan fingerprint density at radius 1 is 1.04 bits per heavy atom. The molecule has 0 atom stereocenters. The fraction of sp³-hybridized carbons (Fsp3) is 0.111. The minimum absolute atomic E-state index is 0.0913. The van der Waals surface area contributed by atoms with E-state index < -0.39 is 5.78 Å². The first-order chi connectivity index (χ1) is 11.5. The van der Waals surface area contributed by atoms with Gasteiger partial charge in [-0.15, -0.1) is 0 Å². The van der Waals surface area contributed by atoms with Crippen molar-refractivity contribution < 1.29 is 14.0 Å². The van der Waals surface area contributed by atoms with E-state index in [4.69, 9.17) is 0 Å². The fourth-order valence-electron chi connectivity index (χ4n) is 2.67. The van der Waals surface area contributed by atoms with Crippen LogP contribution >= 0.6 is 0 Å². The van der Waals surface area contributed by atoms with Crippen LogP contribution in [0.15, 0.2) is 54.6 Å². The summed E-state index contributed by atoms with van der Waals surface area (Å²) in [6.07, 6.45) is -0.324. The van der Waals surface area contributed by atoms with Crippen molar-refractivity contribution in [1.29, 1.82) is 0 Å². The van der Waals surface area contributed by atoms with Gasteiger partial charge in [0.25, 0.3) is 5.52 Å². The zero-order chi connectivity index (χ0) is 17.3. The number of hydrogen-bond acceptors (Lipinski definition) is 4. The molecule has 0 bridgehead atoms. The summed E-state index contributed by atoms with van der Waals surface area (Å²) in [5.41, 5.74) is 0.192. The number of carbonyl (C=O) groups excluding carboxylic acids is 2. The highest BCUT2D eigenvalue weighted by Crippen LogP contribution is 2.17. The van der Waals surface area contributed by atoms with Gasteiger partial charge in [-0.05, 0) is 6.07 Å². The Labute approximate surface area is 137 Å². The van der Waals surface area contributed by atoms with Crippen molar-refractivity contribution in [1.82, 2.24) is 4.73 Å². The van der Waals surface area contributed by atoms with Crippen LogP contribution in [0, 0.1) is 10.1 Å². The number of fused-ring (bicyclic) bond motifs is 1. The van der Waals surface area contributed by atoms with Gasteiger partial charge in [0.2, 0.25) is 5.78 Å². The molecule has 2 aromatic carbocycles. The molecule has 0 saturated heterocycles. The quantitative estimate of drug-likeness (QED) is 0.545. The third kappa shape index (κ3) is 2.58. The smallest absolute Gasteiger partial charge is 0.325 e. The molecule has 0 fully saturated rings. The van der Waals surface area contributed by atoms with Crippen molar-refractivity contribution >= 4 is 22.6 Å². The molecule has 120 valence electrons. The van der Waals surface area contributed by atoms with Gasteiger partial charge in [0, 0.05) is 23.5 Å². The predicted octanol–water partition coefficient (Wildman–Crippen LogP) is 2.53. The van der Waals surface area contributed by atoms with E-state index in [1.54, 1.807) is 42.5 Å². The number of aromatic nitrogens is 2. The summed E-state index contributed by atoms with van der Waals surface area (Å²) in [6, 6.07) is 14.6. The van der Waals surface area contributed by atoms with Gasteiger partial charge in [-0.1, -0.05) is 42.5 Å². The summed E-state index contributed by atoms with van der Waals surface area (Å²) in [4.78, 5) is 36.8. The second-order valence-corrected chi connectivity index (χ2v) is 5.39. The molecule has 0 N–H and O–H groups in total. The standard InChI is InChI=1S/C18H14N2O4/c1-12(21)18-16(11-17(22)13-7-3-2-4-8-13)19(23)14-9-5-6-10-15(14)20(18)24/h2-10H,11H2,1H3. The molecule has 0 unspecified atom stereocenters. The van der Waals surface area contributed by atoms with Crippen molar-refractivity contribution in [3.05, 3.63) is 81.7 Å². The minimum Gasteiger partial charge on any atom is -0.805 e. The second-order valence-electron chi connectivity index (χ2n) is 5.39. The number of Topliss-reactive ketones (excluding diaryl/α,β-unsaturated/α-hetero) is 2. The molecule has 1 aromatic heterocycles. The molecule has 0 amide bonds. The highest BCUT2D eigenvalue weighted by Gasteiger charge is 2.27. The molecule has 3 aromatic rings. The first-order valence-electron chi connectivity index (χ1n) is 7.36. The molecule has 0 spiro atoms. The van der Waals surface area contributed by atoms with E-state index in [0.29, 0.717) is 14.7 Å². The van der Waals surface area contributed by atoms with Crippen LogP contribution < -0.4 is 4.43 Å². The topological polar surface area (TPSA) is 85.1 Å². The van der Waals surface area contributed by atoms with Gasteiger partial charge in [-0.2, -0.15) is 0 Å². The zero-order valence-electron chi connectivity index (χ0n) is 12.9. The Morgan fingerprint density at radius 3 is 2.33 bits per heavy atom. The summed E-state index contributed by atoms with van der Waals surface area (Å²) in [5.74, 6) is -0.894. The average molecular weight is 322 g/mol. The van der Waals surface area contributed by atoms with E-state index in [1.807, 2.05) is 0 Å². The van der Waals surface area contributed by atoms with Crippen molar-refractivity contribution in [3.63, 3.8) is 0 Å². The summed E-state index contributed by atoms with van der Waals surface area (Å²) < 4.78 is 0.932. The van der Waals surface area contributed by atoms with Crippen molar-refractivity contribution in [2.24, 2.45) is 0 Å². The molecule has 1 heterocycles. The molecule has 24 heavy (non-hydrogen) atoms. The Morgan fingerprint density at radius 2 is 1.67 bits per heavy atom. The van der Waals surface area contributed by atoms with Crippen LogP contribution in [0.25, 0.3) is 11.0 Å². The van der Waals surface area contributed by atoms with Crippen LogP contribution in [-0.2, 0) is 6.42 Å². The molecule has 3 rings (SSSR count). The molecule has 0 aliphatic carbocycles. The lowest BCUT2D eigenvalue weighted by Crippen LogP contribution is -2.31. The number of hydrogen-bond donors (Lipinski definition) is 0. The van der Waals surface area contributed by atoms with Gasteiger partial charge >= 0.3 is 5.69 Å². The number of carbonyl (C=O) groups is 2. The van der Waals surface area contributed by atoms with Crippen LogP contribution in [0.4, 0.5) is 0 Å². The van der Waals surface area contributed by atoms with Gasteiger partial charge in [0.15, 0.2) is 5.78 Å². The maximum absolute atomic E-state index is 12.6. The Kier molecular flexibility index (Phi) is 3.95. The summed E-state index contributed by atoms with van der Waals surface area (Å²) in [6.45, 7) is 1.20. The Balaban J connectivity index is 2.21. The molecule has 0 aliphatic rings. The van der Waals surface area contributed by atoms with E-state index in [1.165, 1.54) is 19.1 Å². The van der Waals surface area contributed by atoms with Crippen LogP contribution in [-0.4, -0.2) is 16.3 Å². The maximum atomic E-state index is 12.6. The second kappa shape index (κ2) is 6.08. The Hall–Kier alpha value is -3.28. The summed E-state index contributed by atoms with van der Waals surface area (Å²) in [5, 5.41) is 12.6. The fourth-order valence-corrected chi connectivity index (χ4v) is 2.67. The number of para-hydroxylation sites is 2. The van der Waals surface area contributed by atoms with E-state index >= 15 is 0 Å².